The second kappa shape index (κ2) is 10.2. The number of ether oxygens (including phenoxy) is 1. The van der Waals surface area contributed by atoms with E-state index in [0.29, 0.717) is 13.1 Å². The van der Waals surface area contributed by atoms with E-state index in [4.69, 9.17) is 4.74 Å². The van der Waals surface area contributed by atoms with Crippen LogP contribution in [0.5, 0.6) is 5.75 Å². The van der Waals surface area contributed by atoms with Gasteiger partial charge in [0.2, 0.25) is 0 Å². The van der Waals surface area contributed by atoms with Crippen molar-refractivity contribution in [2.75, 3.05) is 6.73 Å². The number of aryl methyl sites for hydroxylation is 1. The van der Waals surface area contributed by atoms with Crippen molar-refractivity contribution in [3.8, 4) is 5.75 Å². The van der Waals surface area contributed by atoms with Crippen LogP contribution >= 0.6 is 0 Å². The minimum atomic E-state index is -0.155. The Balaban J connectivity index is 1.68. The van der Waals surface area contributed by atoms with Crippen LogP contribution in [-0.4, -0.2) is 17.7 Å². The lowest BCUT2D eigenvalue weighted by atomic mass is 9.85. The first-order valence-electron chi connectivity index (χ1n) is 10.7. The standard InChI is InChI=1S/C27H32N2O2/c1-21-15-16-25(24(17-21)27(2,3)4)31-20-28-26(30)29(18-22-11-7-5-8-12-22)19-23-13-9-6-10-14-23/h5-17H,18-20H2,1-4H3,(H,28,30). The lowest BCUT2D eigenvalue weighted by molar-refractivity contribution is 0.178. The third-order valence-electron chi connectivity index (χ3n) is 5.11. The molecule has 0 spiro atoms. The number of hydrogen-bond donors (Lipinski definition) is 1. The molecule has 4 heteroatoms. The van der Waals surface area contributed by atoms with Crippen LogP contribution in [0.25, 0.3) is 0 Å². The van der Waals surface area contributed by atoms with Gasteiger partial charge in [-0.1, -0.05) is 99.1 Å². The van der Waals surface area contributed by atoms with E-state index in [1.54, 1.807) is 4.90 Å². The minimum Gasteiger partial charge on any atom is -0.473 e. The fourth-order valence-corrected chi connectivity index (χ4v) is 3.45. The van der Waals surface area contributed by atoms with Crippen LogP contribution in [0.2, 0.25) is 0 Å². The molecule has 162 valence electrons. The number of benzene rings is 3. The van der Waals surface area contributed by atoms with Gasteiger partial charge in [0.15, 0.2) is 6.73 Å². The van der Waals surface area contributed by atoms with Gasteiger partial charge in [-0.15, -0.1) is 0 Å². The molecule has 0 aliphatic carbocycles. The predicted octanol–water partition coefficient (Wildman–Crippen LogP) is 6.04. The Kier molecular flexibility index (Phi) is 7.35. The quantitative estimate of drug-likeness (QED) is 0.477. The molecule has 0 atom stereocenters. The van der Waals surface area contributed by atoms with Gasteiger partial charge in [0.05, 0.1) is 0 Å². The van der Waals surface area contributed by atoms with Gasteiger partial charge in [-0.3, -0.25) is 0 Å². The fourth-order valence-electron chi connectivity index (χ4n) is 3.45. The third-order valence-corrected chi connectivity index (χ3v) is 5.11. The number of hydrogen-bond acceptors (Lipinski definition) is 2. The van der Waals surface area contributed by atoms with Crippen LogP contribution in [0.3, 0.4) is 0 Å². The van der Waals surface area contributed by atoms with Crippen LogP contribution in [0.15, 0.2) is 78.9 Å². The molecule has 0 fully saturated rings. The van der Waals surface area contributed by atoms with Crippen molar-refractivity contribution >= 4 is 6.03 Å². The van der Waals surface area contributed by atoms with Crippen LogP contribution < -0.4 is 10.1 Å². The first kappa shape index (κ1) is 22.4. The maximum Gasteiger partial charge on any atom is 0.320 e. The summed E-state index contributed by atoms with van der Waals surface area (Å²) < 4.78 is 5.98. The molecule has 0 unspecified atom stereocenters. The monoisotopic (exact) mass is 416 g/mol. The lowest BCUT2D eigenvalue weighted by Gasteiger charge is -2.25. The summed E-state index contributed by atoms with van der Waals surface area (Å²) in [4.78, 5) is 14.8. The van der Waals surface area contributed by atoms with Gasteiger partial charge in [-0.25, -0.2) is 4.79 Å². The molecule has 2 amide bonds. The minimum absolute atomic E-state index is 0.0436. The Morgan fingerprint density at radius 1 is 0.871 bits per heavy atom. The van der Waals surface area contributed by atoms with Gasteiger partial charge in [0.25, 0.3) is 0 Å². The predicted molar refractivity (Wildman–Crippen MR) is 126 cm³/mol. The molecular weight excluding hydrogens is 384 g/mol. The Labute approximate surface area is 185 Å². The van der Waals surface area contributed by atoms with Crippen molar-refractivity contribution in [1.29, 1.82) is 0 Å². The van der Waals surface area contributed by atoms with Crippen LogP contribution in [-0.2, 0) is 18.5 Å². The molecule has 0 aromatic heterocycles. The highest BCUT2D eigenvalue weighted by molar-refractivity contribution is 5.74. The first-order valence-corrected chi connectivity index (χ1v) is 10.7. The summed E-state index contributed by atoms with van der Waals surface area (Å²) in [6.45, 7) is 9.73. The first-order chi connectivity index (χ1) is 14.8. The zero-order valence-corrected chi connectivity index (χ0v) is 18.9. The normalized spacial score (nSPS) is 11.1. The molecule has 0 bridgehead atoms. The van der Waals surface area contributed by atoms with Gasteiger partial charge in [0, 0.05) is 13.1 Å². The molecule has 0 heterocycles. The number of carbonyl (C=O) groups is 1. The lowest BCUT2D eigenvalue weighted by Crippen LogP contribution is -2.40. The SMILES string of the molecule is Cc1ccc(OCNC(=O)N(Cc2ccccc2)Cc2ccccc2)c(C(C)(C)C)c1. The molecule has 31 heavy (non-hydrogen) atoms. The van der Waals surface area contributed by atoms with Crippen LogP contribution in [0.1, 0.15) is 43.0 Å². The van der Waals surface area contributed by atoms with E-state index >= 15 is 0 Å². The van der Waals surface area contributed by atoms with Crippen molar-refractivity contribution in [2.45, 2.75) is 46.2 Å². The van der Waals surface area contributed by atoms with E-state index in [1.807, 2.05) is 72.8 Å². The highest BCUT2D eigenvalue weighted by Crippen LogP contribution is 2.32. The van der Waals surface area contributed by atoms with Crippen molar-refractivity contribution in [3.05, 3.63) is 101 Å². The second-order valence-electron chi connectivity index (χ2n) is 8.85. The molecular formula is C27H32N2O2. The molecule has 0 saturated heterocycles. The Hall–Kier alpha value is -3.27. The van der Waals surface area contributed by atoms with Gasteiger partial charge >= 0.3 is 6.03 Å². The van der Waals surface area contributed by atoms with E-state index in [0.717, 1.165) is 22.4 Å². The number of amides is 2. The molecule has 0 radical (unpaired) electrons. The molecule has 0 aliphatic heterocycles. The summed E-state index contributed by atoms with van der Waals surface area (Å²) in [5.74, 6) is 0.802. The fraction of sp³-hybridized carbons (Fsp3) is 0.296. The Morgan fingerprint density at radius 2 is 1.42 bits per heavy atom. The van der Waals surface area contributed by atoms with Gasteiger partial charge in [-0.05, 0) is 35.1 Å². The molecule has 3 aromatic carbocycles. The average molecular weight is 417 g/mol. The zero-order chi connectivity index (χ0) is 22.3. The van der Waals surface area contributed by atoms with Crippen molar-refractivity contribution in [3.63, 3.8) is 0 Å². The largest absolute Gasteiger partial charge is 0.473 e. The molecule has 3 aromatic rings. The van der Waals surface area contributed by atoms with E-state index < -0.39 is 0 Å². The van der Waals surface area contributed by atoms with Crippen LogP contribution in [0, 0.1) is 6.92 Å². The highest BCUT2D eigenvalue weighted by atomic mass is 16.5. The molecule has 4 nitrogen and oxygen atoms in total. The maximum atomic E-state index is 13.0. The van der Waals surface area contributed by atoms with E-state index in [-0.39, 0.29) is 18.2 Å². The topological polar surface area (TPSA) is 41.6 Å². The van der Waals surface area contributed by atoms with Gasteiger partial charge in [0.1, 0.15) is 5.75 Å². The average Bonchev–Trinajstić information content (AvgIpc) is 2.75. The molecule has 0 aliphatic rings. The van der Waals surface area contributed by atoms with Crippen molar-refractivity contribution in [1.82, 2.24) is 10.2 Å². The summed E-state index contributed by atoms with van der Waals surface area (Å²) in [5.41, 5.74) is 4.45. The van der Waals surface area contributed by atoms with Crippen LogP contribution in [0.4, 0.5) is 4.79 Å². The van der Waals surface area contributed by atoms with Gasteiger partial charge < -0.3 is 15.0 Å². The number of carbonyl (C=O) groups excluding carboxylic acids is 1. The second-order valence-corrected chi connectivity index (χ2v) is 8.85. The number of urea groups is 1. The maximum absolute atomic E-state index is 13.0. The number of nitrogens with zero attached hydrogens (tertiary/aromatic N) is 1. The number of nitrogens with one attached hydrogen (secondary N) is 1. The summed E-state index contributed by atoms with van der Waals surface area (Å²) in [6, 6.07) is 26.0. The molecule has 0 saturated carbocycles. The Morgan fingerprint density at radius 3 is 1.94 bits per heavy atom. The smallest absolute Gasteiger partial charge is 0.320 e. The Bertz CT molecular complexity index is 938. The summed E-state index contributed by atoms with van der Waals surface area (Å²) in [7, 11) is 0. The summed E-state index contributed by atoms with van der Waals surface area (Å²) >= 11 is 0. The third kappa shape index (κ3) is 6.61. The zero-order valence-electron chi connectivity index (χ0n) is 18.9. The van der Waals surface area contributed by atoms with Gasteiger partial charge in [-0.2, -0.15) is 0 Å². The number of rotatable bonds is 7. The molecule has 1 N–H and O–H groups in total. The summed E-state index contributed by atoms with van der Waals surface area (Å²) in [5, 5.41) is 2.93. The van der Waals surface area contributed by atoms with Crippen molar-refractivity contribution < 1.29 is 9.53 Å². The highest BCUT2D eigenvalue weighted by Gasteiger charge is 2.20. The van der Waals surface area contributed by atoms with E-state index in [2.05, 4.69) is 39.1 Å². The van der Waals surface area contributed by atoms with E-state index in [1.165, 1.54) is 5.56 Å². The van der Waals surface area contributed by atoms with Crippen molar-refractivity contribution in [2.24, 2.45) is 0 Å². The van der Waals surface area contributed by atoms with E-state index in [9.17, 15) is 4.79 Å². The summed E-state index contributed by atoms with van der Waals surface area (Å²) in [6.07, 6.45) is 0. The molecule has 3 rings (SSSR count).